The van der Waals surface area contributed by atoms with Gasteiger partial charge in [-0.25, -0.2) is 15.0 Å². The summed E-state index contributed by atoms with van der Waals surface area (Å²) in [6.07, 6.45) is 5.37. The molecule has 0 radical (unpaired) electrons. The van der Waals surface area contributed by atoms with Gasteiger partial charge in [0.05, 0.1) is 12.6 Å². The number of anilines is 2. The zero-order chi connectivity index (χ0) is 28.2. The summed E-state index contributed by atoms with van der Waals surface area (Å²) in [6, 6.07) is 11.9. The average Bonchev–Trinajstić information content (AvgIpc) is 3.44. The Balaban J connectivity index is 0.000000395. The molecule has 200 valence electrons. The first-order valence-corrected chi connectivity index (χ1v) is 12.7. The summed E-state index contributed by atoms with van der Waals surface area (Å²) in [4.78, 5) is 48.8. The highest BCUT2D eigenvalue weighted by atomic mass is 79.9. The number of primary amides is 1. The summed E-state index contributed by atoms with van der Waals surface area (Å²) in [5.74, 6) is 5.77. The molecule has 2 amide bonds. The third-order valence-corrected chi connectivity index (χ3v) is 6.04. The molecule has 1 unspecified atom stereocenters. The predicted octanol–water partition coefficient (Wildman–Crippen LogP) is 2.22. The molecule has 0 saturated carbocycles. The number of hydrogen-bond donors (Lipinski definition) is 4. The van der Waals surface area contributed by atoms with Crippen LogP contribution in [0.15, 0.2) is 59.5 Å². The van der Waals surface area contributed by atoms with Crippen LogP contribution in [0.1, 0.15) is 29.8 Å². The zero-order valence-electron chi connectivity index (χ0n) is 21.1. The van der Waals surface area contributed by atoms with Crippen molar-refractivity contribution in [1.82, 2.24) is 19.9 Å². The van der Waals surface area contributed by atoms with Gasteiger partial charge in [0.2, 0.25) is 11.7 Å². The van der Waals surface area contributed by atoms with E-state index >= 15 is 0 Å². The number of likely N-dealkylation sites (tertiary alicyclic amines) is 1. The Morgan fingerprint density at radius 2 is 1.97 bits per heavy atom. The number of benzene rings is 1. The maximum atomic E-state index is 12.5. The summed E-state index contributed by atoms with van der Waals surface area (Å²) in [5, 5.41) is 13.9. The first kappa shape index (κ1) is 28.9. The van der Waals surface area contributed by atoms with E-state index in [1.54, 1.807) is 36.7 Å². The van der Waals surface area contributed by atoms with Crippen molar-refractivity contribution in [1.29, 1.82) is 5.41 Å². The average molecular weight is 591 g/mol. The normalized spacial score (nSPS) is 13.7. The number of halogens is 1. The lowest BCUT2D eigenvalue weighted by molar-refractivity contribution is -0.132. The van der Waals surface area contributed by atoms with Gasteiger partial charge in [-0.3, -0.25) is 15.0 Å². The summed E-state index contributed by atoms with van der Waals surface area (Å²) < 4.78 is 0.856. The van der Waals surface area contributed by atoms with Crippen LogP contribution in [0.25, 0.3) is 0 Å². The first-order chi connectivity index (χ1) is 18.8. The Labute approximate surface area is 234 Å². The number of rotatable bonds is 7. The van der Waals surface area contributed by atoms with E-state index in [9.17, 15) is 14.4 Å². The van der Waals surface area contributed by atoms with Gasteiger partial charge in [0.1, 0.15) is 22.4 Å². The Hall–Kier alpha value is -4.63. The minimum Gasteiger partial charge on any atom is -0.376 e. The molecular formula is C27H27BrN8O3. The smallest absolute Gasteiger partial charge is 0.267 e. The van der Waals surface area contributed by atoms with Crippen molar-refractivity contribution >= 4 is 51.2 Å². The first-order valence-electron chi connectivity index (χ1n) is 11.9. The molecule has 0 bridgehead atoms. The van der Waals surface area contributed by atoms with Crippen molar-refractivity contribution in [2.24, 2.45) is 5.73 Å². The largest absolute Gasteiger partial charge is 0.376 e. The van der Waals surface area contributed by atoms with E-state index in [0.717, 1.165) is 23.1 Å². The van der Waals surface area contributed by atoms with Crippen LogP contribution < -0.4 is 16.4 Å². The lowest BCUT2D eigenvalue weighted by atomic mass is 10.0. The fraction of sp³-hybridized carbons (Fsp3) is 0.222. The lowest BCUT2D eigenvalue weighted by Gasteiger charge is -2.21. The second kappa shape index (κ2) is 14.3. The molecule has 0 spiro atoms. The third kappa shape index (κ3) is 8.44. The molecule has 1 aliphatic heterocycles. The minimum atomic E-state index is -0.901. The zero-order valence-corrected chi connectivity index (χ0v) is 22.7. The molecule has 1 aliphatic rings. The number of aromatic nitrogens is 3. The standard InChI is InChI=1S/C21H20N6O3.C6H7BrN2/c22-20(21(23)30)16-11-14(5-7-18-24-8-2-9-25-18)4-6-17(16)26-12-19(29)27-10-1-3-15(27)13-28;1-8-6-4-2-3-5(7)9-6/h2,4,6,8-9,11,13,15,22,26H,1,3,10,12H2,(H2,23,30);2-4H,1H3,(H,8,9). The third-order valence-electron chi connectivity index (χ3n) is 5.60. The van der Waals surface area contributed by atoms with Crippen LogP contribution in [-0.4, -0.2) is 69.8 Å². The van der Waals surface area contributed by atoms with E-state index in [2.05, 4.69) is 53.4 Å². The molecule has 3 heterocycles. The van der Waals surface area contributed by atoms with Gasteiger partial charge in [-0.05, 0) is 71.1 Å². The van der Waals surface area contributed by atoms with Gasteiger partial charge in [-0.1, -0.05) is 12.0 Å². The van der Waals surface area contributed by atoms with Crippen LogP contribution in [0.2, 0.25) is 0 Å². The van der Waals surface area contributed by atoms with E-state index < -0.39 is 17.7 Å². The van der Waals surface area contributed by atoms with Gasteiger partial charge in [0.25, 0.3) is 5.91 Å². The highest BCUT2D eigenvalue weighted by Gasteiger charge is 2.28. The highest BCUT2D eigenvalue weighted by Crippen LogP contribution is 2.20. The molecule has 1 aromatic carbocycles. The Kier molecular flexibility index (Phi) is 10.6. The van der Waals surface area contributed by atoms with Crippen molar-refractivity contribution in [2.45, 2.75) is 18.9 Å². The molecule has 12 heteroatoms. The Bertz CT molecular complexity index is 1400. The number of nitrogens with one attached hydrogen (secondary N) is 3. The number of carbonyl (C=O) groups excluding carboxylic acids is 3. The van der Waals surface area contributed by atoms with Gasteiger partial charge >= 0.3 is 0 Å². The lowest BCUT2D eigenvalue weighted by Crippen LogP contribution is -2.40. The number of carbonyl (C=O) groups is 3. The van der Waals surface area contributed by atoms with Gasteiger partial charge < -0.3 is 26.1 Å². The maximum Gasteiger partial charge on any atom is 0.267 e. The number of hydrogen-bond acceptors (Lipinski definition) is 9. The second-order valence-electron chi connectivity index (χ2n) is 8.20. The van der Waals surface area contributed by atoms with Crippen molar-refractivity contribution in [3.63, 3.8) is 0 Å². The number of nitrogens with zero attached hydrogens (tertiary/aromatic N) is 4. The molecular weight excluding hydrogens is 564 g/mol. The number of pyridine rings is 1. The molecule has 1 atom stereocenters. The molecule has 2 aromatic heterocycles. The van der Waals surface area contributed by atoms with E-state index in [1.165, 1.54) is 4.90 Å². The number of aldehydes is 1. The Morgan fingerprint density at radius 1 is 1.21 bits per heavy atom. The van der Waals surface area contributed by atoms with Crippen LogP contribution in [0.4, 0.5) is 11.5 Å². The molecule has 39 heavy (non-hydrogen) atoms. The summed E-state index contributed by atoms with van der Waals surface area (Å²) in [7, 11) is 1.84. The van der Waals surface area contributed by atoms with Gasteiger partial charge in [0.15, 0.2) is 0 Å². The summed E-state index contributed by atoms with van der Waals surface area (Å²) in [6.45, 7) is 0.455. The van der Waals surface area contributed by atoms with E-state index in [-0.39, 0.29) is 18.0 Å². The molecule has 1 saturated heterocycles. The molecule has 4 rings (SSSR count). The van der Waals surface area contributed by atoms with Gasteiger partial charge in [-0.2, -0.15) is 0 Å². The SMILES string of the molecule is CNc1cccc(Br)n1.N=C(C(N)=O)c1cc(C#Cc2ncccn2)ccc1NCC(=O)N1CCCC1C=O. The van der Waals surface area contributed by atoms with Crippen molar-refractivity contribution in [2.75, 3.05) is 30.8 Å². The molecule has 5 N–H and O–H groups in total. The second-order valence-corrected chi connectivity index (χ2v) is 9.02. The minimum absolute atomic E-state index is 0.0771. The molecule has 1 fully saturated rings. The van der Waals surface area contributed by atoms with E-state index in [1.807, 2.05) is 25.2 Å². The number of nitrogens with two attached hydrogens (primary N) is 1. The van der Waals surface area contributed by atoms with Crippen molar-refractivity contribution in [3.05, 3.63) is 76.4 Å². The van der Waals surface area contributed by atoms with Crippen LogP contribution in [-0.2, 0) is 14.4 Å². The predicted molar refractivity (Wildman–Crippen MR) is 151 cm³/mol. The quantitative estimate of drug-likeness (QED) is 0.140. The van der Waals surface area contributed by atoms with Crippen molar-refractivity contribution < 1.29 is 14.4 Å². The van der Waals surface area contributed by atoms with Crippen LogP contribution in [0, 0.1) is 17.3 Å². The van der Waals surface area contributed by atoms with E-state index in [4.69, 9.17) is 11.1 Å². The van der Waals surface area contributed by atoms with Crippen LogP contribution in [0.3, 0.4) is 0 Å². The van der Waals surface area contributed by atoms with E-state index in [0.29, 0.717) is 30.0 Å². The van der Waals surface area contributed by atoms with Crippen LogP contribution >= 0.6 is 15.9 Å². The summed E-state index contributed by atoms with van der Waals surface area (Å²) >= 11 is 3.25. The van der Waals surface area contributed by atoms with Gasteiger partial charge in [0, 0.05) is 42.8 Å². The summed E-state index contributed by atoms with van der Waals surface area (Å²) in [5.41, 5.74) is 6.03. The monoisotopic (exact) mass is 590 g/mol. The Morgan fingerprint density at radius 3 is 2.62 bits per heavy atom. The molecule has 3 aromatic rings. The molecule has 11 nitrogen and oxygen atoms in total. The van der Waals surface area contributed by atoms with Crippen LogP contribution in [0.5, 0.6) is 0 Å². The topological polar surface area (TPSA) is 167 Å². The molecule has 0 aliphatic carbocycles. The fourth-order valence-electron chi connectivity index (χ4n) is 3.67. The number of amides is 2. The maximum absolute atomic E-state index is 12.5. The van der Waals surface area contributed by atoms with Crippen molar-refractivity contribution in [3.8, 4) is 11.8 Å². The van der Waals surface area contributed by atoms with Gasteiger partial charge in [-0.15, -0.1) is 0 Å². The highest BCUT2D eigenvalue weighted by molar-refractivity contribution is 9.10. The fourth-order valence-corrected chi connectivity index (χ4v) is 4.01.